The Bertz CT molecular complexity index is 1350. The van der Waals surface area contributed by atoms with Gasteiger partial charge in [-0.05, 0) is 61.1 Å². The Morgan fingerprint density at radius 3 is 2.49 bits per heavy atom. The van der Waals surface area contributed by atoms with E-state index in [2.05, 4.69) is 10.6 Å². The molecule has 250 valence electrons. The van der Waals surface area contributed by atoms with Crippen molar-refractivity contribution in [1.82, 2.24) is 15.5 Å². The second-order valence-electron chi connectivity index (χ2n) is 11.7. The third-order valence-electron chi connectivity index (χ3n) is 7.72. The van der Waals surface area contributed by atoms with Gasteiger partial charge in [0.25, 0.3) is 0 Å². The average Bonchev–Trinajstić information content (AvgIpc) is 3.48. The van der Waals surface area contributed by atoms with E-state index in [0.717, 1.165) is 35.7 Å². The number of nitrogens with zero attached hydrogens (tertiary/aromatic N) is 1. The lowest BCUT2D eigenvalue weighted by atomic mass is 10.0. The minimum Gasteiger partial charge on any atom is -0.445 e. The first-order chi connectivity index (χ1) is 21.4. The van der Waals surface area contributed by atoms with Gasteiger partial charge < -0.3 is 26.2 Å². The van der Waals surface area contributed by atoms with Gasteiger partial charge in [-0.3, -0.25) is 9.69 Å². The Kier molecular flexibility index (Phi) is 14.3. The number of ketones is 1. The van der Waals surface area contributed by atoms with E-state index in [0.29, 0.717) is 32.4 Å². The van der Waals surface area contributed by atoms with E-state index in [9.17, 15) is 31.9 Å². The van der Waals surface area contributed by atoms with Crippen LogP contribution in [0.5, 0.6) is 0 Å². The van der Waals surface area contributed by atoms with E-state index >= 15 is 0 Å². The molecule has 5 N–H and O–H groups in total. The number of ether oxygens (including phenoxy) is 1. The molecule has 0 aromatic heterocycles. The van der Waals surface area contributed by atoms with Gasteiger partial charge in [-0.15, -0.1) is 0 Å². The number of rotatable bonds is 18. The normalized spacial score (nSPS) is 17.2. The minimum atomic E-state index is -3.70. The molecule has 1 heterocycles. The van der Waals surface area contributed by atoms with Crippen LogP contribution in [0.2, 0.25) is 0 Å². The highest BCUT2D eigenvalue weighted by atomic mass is 32.2. The summed E-state index contributed by atoms with van der Waals surface area (Å²) in [6.07, 6.45) is -0.0465. The predicted octanol–water partition coefficient (Wildman–Crippen LogP) is 2.50. The monoisotopic (exact) mass is 652 g/mol. The maximum atomic E-state index is 13.7. The Morgan fingerprint density at radius 2 is 1.84 bits per heavy atom. The van der Waals surface area contributed by atoms with Crippen LogP contribution in [0.4, 0.5) is 13.6 Å². The van der Waals surface area contributed by atoms with Crippen molar-refractivity contribution in [2.75, 3.05) is 37.7 Å². The molecule has 1 fully saturated rings. The number of Topliss-reactive ketones (excluding diaryl/α,β-unsaturated/α-hetero) is 1. The highest BCUT2D eigenvalue weighted by Crippen LogP contribution is 2.15. The summed E-state index contributed by atoms with van der Waals surface area (Å²) >= 11 is 0. The number of carbonyl (C=O) groups excluding carboxylic acids is 2. The number of aryl methyl sites for hydroxylation is 1. The molecule has 0 spiro atoms. The molecule has 4 atom stereocenters. The third-order valence-corrected chi connectivity index (χ3v) is 9.47. The summed E-state index contributed by atoms with van der Waals surface area (Å²) in [7, 11) is -3.70. The van der Waals surface area contributed by atoms with Crippen molar-refractivity contribution in [3.8, 4) is 0 Å². The summed E-state index contributed by atoms with van der Waals surface area (Å²) in [6, 6.07) is 8.42. The number of aliphatic hydroxyl groups is 1. The van der Waals surface area contributed by atoms with E-state index in [1.165, 1.54) is 0 Å². The van der Waals surface area contributed by atoms with Gasteiger partial charge >= 0.3 is 6.09 Å². The number of alkyl carbamates (subject to hydrolysis) is 1. The molecule has 1 aliphatic rings. The first-order valence-electron chi connectivity index (χ1n) is 15.5. The van der Waals surface area contributed by atoms with Gasteiger partial charge in [0, 0.05) is 31.7 Å². The highest BCUT2D eigenvalue weighted by molar-refractivity contribution is 7.91. The summed E-state index contributed by atoms with van der Waals surface area (Å²) in [6.45, 7) is 4.81. The van der Waals surface area contributed by atoms with Crippen LogP contribution in [0.15, 0.2) is 42.5 Å². The van der Waals surface area contributed by atoms with Crippen LogP contribution in [0, 0.1) is 11.6 Å². The number of amides is 1. The van der Waals surface area contributed by atoms with E-state index in [1.54, 1.807) is 4.90 Å². The molecule has 13 heteroatoms. The molecular formula is C32H46F2N4O6S. The van der Waals surface area contributed by atoms with Gasteiger partial charge in [0.15, 0.2) is 15.6 Å². The number of nitrogens with one attached hydrogen (secondary N) is 2. The average molecular weight is 653 g/mol. The topological polar surface area (TPSA) is 151 Å². The number of carbonyl (C=O) groups is 2. The summed E-state index contributed by atoms with van der Waals surface area (Å²) in [4.78, 5) is 28.1. The predicted molar refractivity (Wildman–Crippen MR) is 168 cm³/mol. The van der Waals surface area contributed by atoms with Crippen molar-refractivity contribution in [1.29, 1.82) is 0 Å². The molecule has 1 saturated heterocycles. The summed E-state index contributed by atoms with van der Waals surface area (Å²) < 4.78 is 58.6. The minimum absolute atomic E-state index is 0.0231. The molecule has 0 bridgehead atoms. The number of unbranched alkanes of at least 4 members (excludes halogenated alkanes) is 1. The largest absolute Gasteiger partial charge is 0.445 e. The zero-order valence-electron chi connectivity index (χ0n) is 26.0. The van der Waals surface area contributed by atoms with Crippen molar-refractivity contribution in [2.24, 2.45) is 5.73 Å². The zero-order chi connectivity index (χ0) is 33.0. The fraction of sp³-hybridized carbons (Fsp3) is 0.562. The molecule has 2 aromatic rings. The number of hydrogen-bond acceptors (Lipinski definition) is 9. The van der Waals surface area contributed by atoms with Gasteiger partial charge in [-0.2, -0.15) is 0 Å². The van der Waals surface area contributed by atoms with Gasteiger partial charge in [0.2, 0.25) is 0 Å². The Hall–Kier alpha value is -2.97. The number of nitrogens with two attached hydrogens (primary N) is 1. The summed E-state index contributed by atoms with van der Waals surface area (Å²) in [5, 5.41) is 16.6. The molecule has 0 aliphatic carbocycles. The van der Waals surface area contributed by atoms with E-state index in [-0.39, 0.29) is 43.5 Å². The van der Waals surface area contributed by atoms with Crippen molar-refractivity contribution < 1.29 is 36.6 Å². The molecule has 0 unspecified atom stereocenters. The fourth-order valence-corrected chi connectivity index (χ4v) is 6.90. The SMILES string of the molecule is CCCCS(=O)(=O)C[C@@H](NC(=O)O[C@@H]1CCNC1)C(=O)CN(Cc1cccc(CC)c1)C[C@@H](O)[C@@H](N)Cc1cc(F)cc(F)c1. The molecule has 1 aliphatic heterocycles. The van der Waals surface area contributed by atoms with Crippen molar-refractivity contribution >= 4 is 21.7 Å². The van der Waals surface area contributed by atoms with E-state index in [4.69, 9.17) is 10.5 Å². The number of aliphatic hydroxyl groups excluding tert-OH is 1. The zero-order valence-corrected chi connectivity index (χ0v) is 26.8. The molecule has 10 nitrogen and oxygen atoms in total. The molecule has 3 rings (SSSR count). The van der Waals surface area contributed by atoms with Crippen molar-refractivity contribution in [3.05, 3.63) is 70.8 Å². The van der Waals surface area contributed by atoms with Crippen LogP contribution >= 0.6 is 0 Å². The van der Waals surface area contributed by atoms with Crippen LogP contribution in [-0.2, 0) is 38.8 Å². The number of sulfone groups is 1. The van der Waals surface area contributed by atoms with E-state index in [1.807, 2.05) is 38.1 Å². The first-order valence-corrected chi connectivity index (χ1v) is 17.3. The molecule has 2 aromatic carbocycles. The Labute approximate surface area is 264 Å². The quantitative estimate of drug-likeness (QED) is 0.191. The Morgan fingerprint density at radius 1 is 1.13 bits per heavy atom. The molecule has 0 radical (unpaired) electrons. The van der Waals surface area contributed by atoms with Crippen molar-refractivity contribution in [3.63, 3.8) is 0 Å². The lowest BCUT2D eigenvalue weighted by molar-refractivity contribution is -0.122. The van der Waals surface area contributed by atoms with Gasteiger partial charge in [-0.1, -0.05) is 44.5 Å². The lowest BCUT2D eigenvalue weighted by Crippen LogP contribution is -2.51. The van der Waals surface area contributed by atoms with Gasteiger partial charge in [-0.25, -0.2) is 22.0 Å². The third kappa shape index (κ3) is 12.7. The maximum Gasteiger partial charge on any atom is 0.408 e. The van der Waals surface area contributed by atoms with Crippen LogP contribution in [-0.4, -0.2) is 92.3 Å². The lowest BCUT2D eigenvalue weighted by Gasteiger charge is -2.29. The summed E-state index contributed by atoms with van der Waals surface area (Å²) in [5.41, 5.74) is 8.42. The number of hydrogen-bond donors (Lipinski definition) is 4. The second-order valence-corrected chi connectivity index (χ2v) is 13.9. The van der Waals surface area contributed by atoms with Crippen LogP contribution in [0.25, 0.3) is 0 Å². The number of halogens is 2. The van der Waals surface area contributed by atoms with Crippen LogP contribution in [0.3, 0.4) is 0 Å². The van der Waals surface area contributed by atoms with Crippen molar-refractivity contribution in [2.45, 2.75) is 76.8 Å². The summed E-state index contributed by atoms with van der Waals surface area (Å²) in [5.74, 6) is -2.81. The smallest absolute Gasteiger partial charge is 0.408 e. The standard InChI is InChI=1S/C32H46F2N4O6S/c1-3-5-11-45(42,43)21-29(37-32(41)44-27-9-10-36-17-27)31(40)20-38(18-23-8-6-7-22(4-2)12-23)19-30(39)28(35)15-24-13-25(33)16-26(34)14-24/h6-8,12-14,16,27-30,36,39H,3-5,9-11,15,17-21,35H2,1-2H3,(H,37,41)/t27-,28+,29-,30-/m1/s1. The van der Waals surface area contributed by atoms with Gasteiger partial charge in [0.1, 0.15) is 23.8 Å². The van der Waals surface area contributed by atoms with Gasteiger partial charge in [0.05, 0.1) is 24.2 Å². The molecule has 1 amide bonds. The highest BCUT2D eigenvalue weighted by Gasteiger charge is 2.31. The Balaban J connectivity index is 1.80. The molecule has 45 heavy (non-hydrogen) atoms. The number of benzene rings is 2. The first kappa shape index (κ1) is 36.5. The van der Waals surface area contributed by atoms with E-state index < -0.39 is 57.3 Å². The van der Waals surface area contributed by atoms with Crippen LogP contribution < -0.4 is 16.4 Å². The van der Waals surface area contributed by atoms with Crippen LogP contribution in [0.1, 0.15) is 49.8 Å². The molecular weight excluding hydrogens is 606 g/mol. The molecule has 0 saturated carbocycles. The fourth-order valence-electron chi connectivity index (χ4n) is 5.23. The maximum absolute atomic E-state index is 13.7. The second kappa shape index (κ2) is 17.7.